The largest absolute Gasteiger partial charge is 0.228 e. The van der Waals surface area contributed by atoms with Gasteiger partial charge in [0.1, 0.15) is 0 Å². The van der Waals surface area contributed by atoms with E-state index in [1.165, 1.54) is 13.0 Å². The van der Waals surface area contributed by atoms with Crippen LogP contribution in [0.15, 0.2) is 18.2 Å². The zero-order valence-electron chi connectivity index (χ0n) is 7.74. The van der Waals surface area contributed by atoms with Crippen molar-refractivity contribution < 1.29 is 8.42 Å². The van der Waals surface area contributed by atoms with Crippen LogP contribution in [0.5, 0.6) is 0 Å². The summed E-state index contributed by atoms with van der Waals surface area (Å²) < 4.78 is 21.1. The fourth-order valence-corrected chi connectivity index (χ4v) is 2.29. The van der Waals surface area contributed by atoms with Crippen LogP contribution in [0.1, 0.15) is 12.5 Å². The minimum Gasteiger partial charge on any atom is -0.227 e. The van der Waals surface area contributed by atoms with Gasteiger partial charge >= 0.3 is 0 Å². The molecule has 0 spiro atoms. The summed E-state index contributed by atoms with van der Waals surface area (Å²) >= 11 is 15.7. The number of hydrogen-bond donors (Lipinski definition) is 2. The number of nitrogens with two attached hydrogens (primary N) is 1. The highest BCUT2D eigenvalue weighted by Gasteiger charge is 2.36. The molecule has 0 bridgehead atoms. The van der Waals surface area contributed by atoms with Crippen molar-refractivity contribution in [3.63, 3.8) is 0 Å². The third kappa shape index (κ3) is 2.42. The SMILES string of the molecule is CC(S)(c1cccc(Cl)c1Cl)S(N)(=O)=O. The van der Waals surface area contributed by atoms with Crippen molar-refractivity contribution in [1.29, 1.82) is 0 Å². The molecule has 0 saturated carbocycles. The summed E-state index contributed by atoms with van der Waals surface area (Å²) in [5.41, 5.74) is 0.266. The van der Waals surface area contributed by atoms with Crippen molar-refractivity contribution in [2.24, 2.45) is 5.14 Å². The quantitative estimate of drug-likeness (QED) is 0.820. The van der Waals surface area contributed by atoms with Crippen molar-refractivity contribution in [3.8, 4) is 0 Å². The molecule has 2 N–H and O–H groups in total. The number of primary sulfonamides is 1. The second-order valence-corrected chi connectivity index (χ2v) is 7.02. The number of halogens is 2. The Bertz CT molecular complexity index is 485. The van der Waals surface area contributed by atoms with E-state index in [1.54, 1.807) is 12.1 Å². The van der Waals surface area contributed by atoms with Crippen LogP contribution < -0.4 is 5.14 Å². The van der Waals surface area contributed by atoms with Crippen LogP contribution >= 0.6 is 35.8 Å². The first-order valence-corrected chi connectivity index (χ1v) is 6.62. The predicted molar refractivity (Wildman–Crippen MR) is 65.9 cm³/mol. The van der Waals surface area contributed by atoms with Gasteiger partial charge < -0.3 is 0 Å². The van der Waals surface area contributed by atoms with E-state index in [-0.39, 0.29) is 15.6 Å². The van der Waals surface area contributed by atoms with Crippen LogP contribution in [-0.4, -0.2) is 8.42 Å². The van der Waals surface area contributed by atoms with E-state index in [2.05, 4.69) is 12.6 Å². The van der Waals surface area contributed by atoms with Gasteiger partial charge in [-0.1, -0.05) is 35.3 Å². The summed E-state index contributed by atoms with van der Waals surface area (Å²) in [5, 5.41) is 5.46. The zero-order chi connectivity index (χ0) is 11.9. The summed E-state index contributed by atoms with van der Waals surface area (Å²) in [6.45, 7) is 1.35. The highest BCUT2D eigenvalue weighted by Crippen LogP contribution is 2.39. The number of hydrogen-bond acceptors (Lipinski definition) is 3. The van der Waals surface area contributed by atoms with Crippen LogP contribution in [0.4, 0.5) is 0 Å². The molecule has 84 valence electrons. The highest BCUT2D eigenvalue weighted by molar-refractivity contribution is 8.04. The number of rotatable bonds is 2. The second-order valence-electron chi connectivity index (χ2n) is 3.13. The van der Waals surface area contributed by atoms with Gasteiger partial charge in [0.15, 0.2) is 4.08 Å². The Morgan fingerprint density at radius 3 is 2.40 bits per heavy atom. The molecule has 15 heavy (non-hydrogen) atoms. The minimum absolute atomic E-state index is 0.144. The van der Waals surface area contributed by atoms with E-state index < -0.39 is 14.1 Å². The molecule has 0 aliphatic rings. The van der Waals surface area contributed by atoms with Crippen molar-refractivity contribution >= 4 is 45.9 Å². The van der Waals surface area contributed by atoms with Crippen LogP contribution in [0.25, 0.3) is 0 Å². The molecular formula is C8H9Cl2NO2S2. The van der Waals surface area contributed by atoms with E-state index in [0.29, 0.717) is 0 Å². The molecule has 1 unspecified atom stereocenters. The monoisotopic (exact) mass is 285 g/mol. The molecule has 1 aromatic rings. The van der Waals surface area contributed by atoms with Crippen molar-refractivity contribution in [2.75, 3.05) is 0 Å². The molecule has 1 rings (SSSR count). The first kappa shape index (κ1) is 13.1. The Balaban J connectivity index is 3.47. The van der Waals surface area contributed by atoms with Crippen molar-refractivity contribution in [3.05, 3.63) is 33.8 Å². The van der Waals surface area contributed by atoms with Gasteiger partial charge in [0.2, 0.25) is 10.0 Å². The van der Waals surface area contributed by atoms with Gasteiger partial charge in [0, 0.05) is 5.56 Å². The number of sulfonamides is 1. The molecule has 3 nitrogen and oxygen atoms in total. The van der Waals surface area contributed by atoms with E-state index in [4.69, 9.17) is 28.3 Å². The average molecular weight is 286 g/mol. The van der Waals surface area contributed by atoms with Gasteiger partial charge in [0.25, 0.3) is 0 Å². The molecule has 0 saturated heterocycles. The van der Waals surface area contributed by atoms with Crippen LogP contribution in [-0.2, 0) is 14.1 Å². The van der Waals surface area contributed by atoms with Gasteiger partial charge in [-0.25, -0.2) is 13.6 Å². The lowest BCUT2D eigenvalue weighted by atomic mass is 10.1. The van der Waals surface area contributed by atoms with E-state index in [1.807, 2.05) is 0 Å². The molecule has 0 radical (unpaired) electrons. The lowest BCUT2D eigenvalue weighted by molar-refractivity contribution is 0.582. The fourth-order valence-electron chi connectivity index (χ4n) is 1.02. The third-order valence-electron chi connectivity index (χ3n) is 2.01. The topological polar surface area (TPSA) is 60.2 Å². The van der Waals surface area contributed by atoms with E-state index in [0.717, 1.165) is 0 Å². The highest BCUT2D eigenvalue weighted by atomic mass is 35.5. The molecule has 7 heteroatoms. The van der Waals surface area contributed by atoms with Gasteiger partial charge in [0.05, 0.1) is 10.0 Å². The summed E-state index contributed by atoms with van der Waals surface area (Å²) in [4.78, 5) is 0. The van der Waals surface area contributed by atoms with Crippen molar-refractivity contribution in [2.45, 2.75) is 11.0 Å². The lowest BCUT2D eigenvalue weighted by Crippen LogP contribution is -2.33. The maximum absolute atomic E-state index is 11.3. The molecule has 0 fully saturated rings. The van der Waals surface area contributed by atoms with E-state index in [9.17, 15) is 8.42 Å². The molecule has 0 heterocycles. The predicted octanol–water partition coefficient (Wildman–Crippen LogP) is 2.38. The zero-order valence-corrected chi connectivity index (χ0v) is 11.0. The second kappa shape index (κ2) is 4.14. The maximum Gasteiger partial charge on any atom is 0.228 e. The Labute approximate surface area is 104 Å². The van der Waals surface area contributed by atoms with E-state index >= 15 is 0 Å². The van der Waals surface area contributed by atoms with Crippen LogP contribution in [0.3, 0.4) is 0 Å². The fraction of sp³-hybridized carbons (Fsp3) is 0.250. The number of thiol groups is 1. The summed E-state index contributed by atoms with van der Waals surface area (Å²) in [6, 6.07) is 4.66. The third-order valence-corrected chi connectivity index (χ3v) is 5.16. The van der Waals surface area contributed by atoms with Gasteiger partial charge in [-0.05, 0) is 13.0 Å². The first-order valence-electron chi connectivity index (χ1n) is 3.87. The van der Waals surface area contributed by atoms with Crippen LogP contribution in [0, 0.1) is 0 Å². The molecular weight excluding hydrogens is 277 g/mol. The molecule has 1 aromatic carbocycles. The Morgan fingerprint density at radius 1 is 1.40 bits per heavy atom. The average Bonchev–Trinajstić information content (AvgIpc) is 2.07. The molecule has 0 aliphatic heterocycles. The van der Waals surface area contributed by atoms with Gasteiger partial charge in [-0.2, -0.15) is 12.6 Å². The van der Waals surface area contributed by atoms with Crippen molar-refractivity contribution in [1.82, 2.24) is 0 Å². The summed E-state index contributed by atoms with van der Waals surface area (Å²) in [6.07, 6.45) is 0. The Morgan fingerprint density at radius 2 is 1.93 bits per heavy atom. The first-order chi connectivity index (χ1) is 6.68. The standard InChI is InChI=1S/C8H9Cl2NO2S2/c1-8(14,15(11,12)13)5-3-2-4-6(9)7(5)10/h2-4,14H,1H3,(H2,11,12,13). The normalized spacial score (nSPS) is 16.1. The summed E-state index contributed by atoms with van der Waals surface area (Å²) in [7, 11) is -3.87. The molecule has 0 aliphatic carbocycles. The molecule has 1 atom stereocenters. The molecule has 0 aromatic heterocycles. The molecule has 0 amide bonds. The Kier molecular flexibility index (Phi) is 3.63. The smallest absolute Gasteiger partial charge is 0.227 e. The maximum atomic E-state index is 11.3. The number of benzene rings is 1. The Hall–Kier alpha value is 0.0600. The summed E-state index contributed by atoms with van der Waals surface area (Å²) in [5.74, 6) is 0. The van der Waals surface area contributed by atoms with Crippen LogP contribution in [0.2, 0.25) is 10.0 Å². The lowest BCUT2D eigenvalue weighted by Gasteiger charge is -2.22. The van der Waals surface area contributed by atoms with Gasteiger partial charge in [-0.15, -0.1) is 0 Å². The minimum atomic E-state index is -3.87. The van der Waals surface area contributed by atoms with Gasteiger partial charge in [-0.3, -0.25) is 0 Å².